The number of likely N-dealkylation sites (tertiary alicyclic amines) is 1. The molecule has 0 aromatic rings. The van der Waals surface area contributed by atoms with Crippen molar-refractivity contribution in [3.8, 4) is 6.07 Å². The molecule has 3 unspecified atom stereocenters. The predicted molar refractivity (Wildman–Crippen MR) is 77.7 cm³/mol. The van der Waals surface area contributed by atoms with Crippen molar-refractivity contribution in [1.82, 2.24) is 10.2 Å². The zero-order valence-electron chi connectivity index (χ0n) is 12.6. The average molecular weight is 278 g/mol. The fourth-order valence-corrected chi connectivity index (χ4v) is 3.31. The number of nitrogens with one attached hydrogen (secondary N) is 1. The van der Waals surface area contributed by atoms with Gasteiger partial charge in [0.1, 0.15) is 5.54 Å². The zero-order valence-corrected chi connectivity index (χ0v) is 12.6. The number of nitrogens with zero attached hydrogens (tertiary/aromatic N) is 2. The molecule has 1 saturated heterocycles. The standard InChI is InChI=1S/C15H26N4O/c1-11-4-3-7-19(13(11)8-16)9-14(20)18-15(2,10-17)12-5-6-12/h11-13H,3-9,16H2,1-2H3,(H,18,20). The number of piperidine rings is 1. The van der Waals surface area contributed by atoms with Crippen LogP contribution >= 0.6 is 0 Å². The average Bonchev–Trinajstić information content (AvgIpc) is 3.23. The van der Waals surface area contributed by atoms with Crippen molar-refractivity contribution in [2.24, 2.45) is 17.6 Å². The van der Waals surface area contributed by atoms with Gasteiger partial charge >= 0.3 is 0 Å². The Balaban J connectivity index is 1.92. The molecule has 5 nitrogen and oxygen atoms in total. The normalized spacial score (nSPS) is 30.3. The number of carbonyl (C=O) groups is 1. The van der Waals surface area contributed by atoms with E-state index in [4.69, 9.17) is 5.73 Å². The molecule has 0 radical (unpaired) electrons. The van der Waals surface area contributed by atoms with Crippen LogP contribution in [0, 0.1) is 23.2 Å². The highest BCUT2D eigenvalue weighted by Gasteiger charge is 2.43. The van der Waals surface area contributed by atoms with Crippen molar-refractivity contribution >= 4 is 5.91 Å². The lowest BCUT2D eigenvalue weighted by molar-refractivity contribution is -0.124. The lowest BCUT2D eigenvalue weighted by Gasteiger charge is -2.39. The van der Waals surface area contributed by atoms with Crippen LogP contribution in [0.4, 0.5) is 0 Å². The largest absolute Gasteiger partial charge is 0.337 e. The van der Waals surface area contributed by atoms with Gasteiger partial charge in [0.15, 0.2) is 0 Å². The van der Waals surface area contributed by atoms with Gasteiger partial charge < -0.3 is 11.1 Å². The maximum Gasteiger partial charge on any atom is 0.235 e. The second-order valence-electron chi connectivity index (χ2n) is 6.53. The molecule has 0 aromatic carbocycles. The second-order valence-corrected chi connectivity index (χ2v) is 6.53. The van der Waals surface area contributed by atoms with Crippen LogP contribution in [0.2, 0.25) is 0 Å². The molecule has 0 spiro atoms. The van der Waals surface area contributed by atoms with Crippen LogP contribution < -0.4 is 11.1 Å². The van der Waals surface area contributed by atoms with E-state index in [0.29, 0.717) is 24.9 Å². The van der Waals surface area contributed by atoms with E-state index in [1.807, 2.05) is 6.92 Å². The number of amides is 1. The van der Waals surface area contributed by atoms with E-state index >= 15 is 0 Å². The minimum atomic E-state index is -0.698. The van der Waals surface area contributed by atoms with E-state index < -0.39 is 5.54 Å². The quantitative estimate of drug-likeness (QED) is 0.781. The molecule has 2 fully saturated rings. The van der Waals surface area contributed by atoms with Crippen molar-refractivity contribution in [2.45, 2.75) is 51.1 Å². The van der Waals surface area contributed by atoms with Crippen molar-refractivity contribution in [3.05, 3.63) is 0 Å². The molecule has 2 rings (SSSR count). The van der Waals surface area contributed by atoms with E-state index in [2.05, 4.69) is 23.2 Å². The third-order valence-corrected chi connectivity index (χ3v) is 4.84. The number of nitriles is 1. The van der Waals surface area contributed by atoms with Crippen LogP contribution in [0.5, 0.6) is 0 Å². The molecule has 5 heteroatoms. The minimum absolute atomic E-state index is 0.0477. The summed E-state index contributed by atoms with van der Waals surface area (Å²) in [4.78, 5) is 14.4. The van der Waals surface area contributed by atoms with Gasteiger partial charge in [-0.05, 0) is 51.0 Å². The maximum absolute atomic E-state index is 12.2. The fourth-order valence-electron chi connectivity index (χ4n) is 3.31. The highest BCUT2D eigenvalue weighted by molar-refractivity contribution is 5.79. The summed E-state index contributed by atoms with van der Waals surface area (Å²) in [5, 5.41) is 12.2. The Morgan fingerprint density at radius 3 is 2.75 bits per heavy atom. The smallest absolute Gasteiger partial charge is 0.235 e. The Labute approximate surface area is 121 Å². The first-order valence-electron chi connectivity index (χ1n) is 7.66. The first-order chi connectivity index (χ1) is 9.50. The molecule has 1 amide bonds. The van der Waals surface area contributed by atoms with E-state index in [1.165, 1.54) is 6.42 Å². The molecule has 0 aromatic heterocycles. The first-order valence-corrected chi connectivity index (χ1v) is 7.66. The topological polar surface area (TPSA) is 82.2 Å². The second kappa shape index (κ2) is 6.11. The summed E-state index contributed by atoms with van der Waals surface area (Å²) in [6.45, 7) is 5.90. The summed E-state index contributed by atoms with van der Waals surface area (Å²) >= 11 is 0. The summed E-state index contributed by atoms with van der Waals surface area (Å²) in [5.74, 6) is 0.808. The molecule has 0 bridgehead atoms. The summed E-state index contributed by atoms with van der Waals surface area (Å²) in [6, 6.07) is 2.55. The van der Waals surface area contributed by atoms with Crippen molar-refractivity contribution in [1.29, 1.82) is 5.26 Å². The lowest BCUT2D eigenvalue weighted by atomic mass is 9.90. The van der Waals surface area contributed by atoms with Crippen LogP contribution in [0.1, 0.15) is 39.5 Å². The Morgan fingerprint density at radius 1 is 1.50 bits per heavy atom. The zero-order chi connectivity index (χ0) is 14.8. The molecule has 1 saturated carbocycles. The van der Waals surface area contributed by atoms with Gasteiger partial charge in [0.05, 0.1) is 12.6 Å². The Bertz CT molecular complexity index is 401. The SMILES string of the molecule is CC1CCCN(CC(=O)NC(C)(C#N)C2CC2)C1CN. The van der Waals surface area contributed by atoms with Crippen LogP contribution in [0.15, 0.2) is 0 Å². The molecule has 1 aliphatic carbocycles. The number of carbonyl (C=O) groups excluding carboxylic acids is 1. The molecule has 3 atom stereocenters. The molecule has 2 aliphatic rings. The highest BCUT2D eigenvalue weighted by Crippen LogP contribution is 2.39. The summed E-state index contributed by atoms with van der Waals surface area (Å²) in [7, 11) is 0. The van der Waals surface area contributed by atoms with Gasteiger partial charge in [-0.2, -0.15) is 5.26 Å². The summed E-state index contributed by atoms with van der Waals surface area (Å²) in [5.41, 5.74) is 5.15. The molecular formula is C15H26N4O. The van der Waals surface area contributed by atoms with Crippen molar-refractivity contribution < 1.29 is 4.79 Å². The Kier molecular flexibility index (Phi) is 4.66. The van der Waals surface area contributed by atoms with Gasteiger partial charge in [-0.25, -0.2) is 0 Å². The number of hydrogen-bond acceptors (Lipinski definition) is 4. The molecular weight excluding hydrogens is 252 g/mol. The molecule has 1 heterocycles. The number of hydrogen-bond donors (Lipinski definition) is 2. The van der Waals surface area contributed by atoms with Gasteiger partial charge in [-0.1, -0.05) is 6.92 Å². The van der Waals surface area contributed by atoms with Crippen molar-refractivity contribution in [2.75, 3.05) is 19.6 Å². The molecule has 112 valence electrons. The highest BCUT2D eigenvalue weighted by atomic mass is 16.2. The van der Waals surface area contributed by atoms with Crippen molar-refractivity contribution in [3.63, 3.8) is 0 Å². The summed E-state index contributed by atoms with van der Waals surface area (Å²) < 4.78 is 0. The predicted octanol–water partition coefficient (Wildman–Crippen LogP) is 0.854. The van der Waals surface area contributed by atoms with Gasteiger partial charge in [-0.15, -0.1) is 0 Å². The number of rotatable bonds is 5. The fraction of sp³-hybridized carbons (Fsp3) is 0.867. The van der Waals surface area contributed by atoms with Gasteiger partial charge in [0.25, 0.3) is 0 Å². The summed E-state index contributed by atoms with van der Waals surface area (Å²) in [6.07, 6.45) is 4.37. The van der Waals surface area contributed by atoms with Crippen LogP contribution in [0.25, 0.3) is 0 Å². The molecule has 3 N–H and O–H groups in total. The first kappa shape index (κ1) is 15.3. The maximum atomic E-state index is 12.2. The molecule has 20 heavy (non-hydrogen) atoms. The van der Waals surface area contributed by atoms with Gasteiger partial charge in [-0.3, -0.25) is 9.69 Å². The monoisotopic (exact) mass is 278 g/mol. The van der Waals surface area contributed by atoms with E-state index in [0.717, 1.165) is 25.8 Å². The third-order valence-electron chi connectivity index (χ3n) is 4.84. The van der Waals surface area contributed by atoms with Crippen LogP contribution in [-0.2, 0) is 4.79 Å². The van der Waals surface area contributed by atoms with Crippen LogP contribution in [0.3, 0.4) is 0 Å². The van der Waals surface area contributed by atoms with Gasteiger partial charge in [0, 0.05) is 12.6 Å². The Hall–Kier alpha value is -1.12. The van der Waals surface area contributed by atoms with Crippen LogP contribution in [-0.4, -0.2) is 42.0 Å². The third kappa shape index (κ3) is 3.31. The number of nitrogens with two attached hydrogens (primary N) is 1. The van der Waals surface area contributed by atoms with E-state index in [9.17, 15) is 10.1 Å². The molecule has 1 aliphatic heterocycles. The minimum Gasteiger partial charge on any atom is -0.337 e. The van der Waals surface area contributed by atoms with E-state index in [1.54, 1.807) is 0 Å². The Morgan fingerprint density at radius 2 is 2.20 bits per heavy atom. The van der Waals surface area contributed by atoms with E-state index in [-0.39, 0.29) is 11.9 Å². The van der Waals surface area contributed by atoms with Gasteiger partial charge in [0.2, 0.25) is 5.91 Å². The lowest BCUT2D eigenvalue weighted by Crippen LogP contribution is -2.55.